The number of carbonyl (C=O) groups is 2. The average Bonchev–Trinajstić information content (AvgIpc) is 3.01. The summed E-state index contributed by atoms with van der Waals surface area (Å²) >= 11 is 0. The van der Waals surface area contributed by atoms with E-state index in [0.29, 0.717) is 25.8 Å². The summed E-state index contributed by atoms with van der Waals surface area (Å²) < 4.78 is 0. The first-order valence-corrected chi connectivity index (χ1v) is 10.2. The van der Waals surface area contributed by atoms with Crippen molar-refractivity contribution in [2.45, 2.75) is 77.2 Å². The molecular formula is C22H35NO4. The van der Waals surface area contributed by atoms with Crippen molar-refractivity contribution < 1.29 is 19.8 Å². The van der Waals surface area contributed by atoms with Crippen LogP contribution in [0.3, 0.4) is 0 Å². The molecule has 0 saturated carbocycles. The van der Waals surface area contributed by atoms with Crippen molar-refractivity contribution in [2.24, 2.45) is 0 Å². The Morgan fingerprint density at radius 3 is 2.78 bits per heavy atom. The Morgan fingerprint density at radius 1 is 1.22 bits per heavy atom. The molecule has 0 unspecified atom stereocenters. The van der Waals surface area contributed by atoms with E-state index in [1.807, 2.05) is 24.3 Å². The van der Waals surface area contributed by atoms with Crippen LogP contribution in [0.1, 0.15) is 71.1 Å². The number of hydrogen-bond acceptors (Lipinski definition) is 4. The summed E-state index contributed by atoms with van der Waals surface area (Å²) in [6, 6.07) is 0. The third kappa shape index (κ3) is 10.3. The van der Waals surface area contributed by atoms with Crippen molar-refractivity contribution in [3.63, 3.8) is 0 Å². The lowest BCUT2D eigenvalue weighted by molar-refractivity contribution is -0.121. The molecule has 0 saturated heterocycles. The first-order valence-electron chi connectivity index (χ1n) is 10.2. The first-order chi connectivity index (χ1) is 13.1. The molecule has 0 heterocycles. The van der Waals surface area contributed by atoms with Crippen molar-refractivity contribution in [3.8, 4) is 0 Å². The number of unbranched alkanes of at least 4 members (excludes halogenated alkanes) is 3. The summed E-state index contributed by atoms with van der Waals surface area (Å²) in [4.78, 5) is 23.5. The lowest BCUT2D eigenvalue weighted by Gasteiger charge is -2.05. The number of ketones is 1. The summed E-state index contributed by atoms with van der Waals surface area (Å²) in [5, 5.41) is 21.3. The molecule has 0 radical (unpaired) electrons. The van der Waals surface area contributed by atoms with Crippen molar-refractivity contribution >= 4 is 11.7 Å². The van der Waals surface area contributed by atoms with E-state index in [4.69, 9.17) is 5.11 Å². The molecule has 27 heavy (non-hydrogen) atoms. The number of carbonyl (C=O) groups excluding carboxylic acids is 2. The van der Waals surface area contributed by atoms with Crippen LogP contribution in [-0.4, -0.2) is 41.2 Å². The summed E-state index contributed by atoms with van der Waals surface area (Å²) in [7, 11) is 0. The molecule has 0 aromatic carbocycles. The van der Waals surface area contributed by atoms with Gasteiger partial charge in [-0.05, 0) is 37.7 Å². The highest BCUT2D eigenvalue weighted by Gasteiger charge is 2.20. The van der Waals surface area contributed by atoms with Gasteiger partial charge in [0.05, 0.1) is 12.7 Å². The molecule has 5 heteroatoms. The van der Waals surface area contributed by atoms with Gasteiger partial charge in [-0.15, -0.1) is 0 Å². The van der Waals surface area contributed by atoms with Gasteiger partial charge in [0.2, 0.25) is 5.91 Å². The van der Waals surface area contributed by atoms with Crippen LogP contribution in [0, 0.1) is 0 Å². The van der Waals surface area contributed by atoms with Crippen molar-refractivity contribution in [3.05, 3.63) is 35.5 Å². The van der Waals surface area contributed by atoms with Crippen molar-refractivity contribution in [1.29, 1.82) is 0 Å². The average molecular weight is 378 g/mol. The van der Waals surface area contributed by atoms with Gasteiger partial charge in [-0.25, -0.2) is 0 Å². The zero-order chi connectivity index (χ0) is 19.9. The van der Waals surface area contributed by atoms with Crippen LogP contribution in [0.2, 0.25) is 0 Å². The predicted molar refractivity (Wildman–Crippen MR) is 108 cm³/mol. The molecular weight excluding hydrogens is 342 g/mol. The summed E-state index contributed by atoms with van der Waals surface area (Å²) in [5.41, 5.74) is 1.89. The minimum Gasteiger partial charge on any atom is -0.395 e. The Balaban J connectivity index is 2.40. The van der Waals surface area contributed by atoms with Gasteiger partial charge >= 0.3 is 0 Å². The monoisotopic (exact) mass is 377 g/mol. The maximum absolute atomic E-state index is 12.1. The van der Waals surface area contributed by atoms with Gasteiger partial charge in [0.25, 0.3) is 0 Å². The molecule has 1 aliphatic rings. The fraction of sp³-hybridized carbons (Fsp3) is 0.636. The molecule has 5 nitrogen and oxygen atoms in total. The smallest absolute Gasteiger partial charge is 0.220 e. The van der Waals surface area contributed by atoms with E-state index in [1.54, 1.807) is 0 Å². The predicted octanol–water partition coefficient (Wildman–Crippen LogP) is 3.37. The molecule has 0 aromatic rings. The quantitative estimate of drug-likeness (QED) is 0.320. The van der Waals surface area contributed by atoms with Crippen molar-refractivity contribution in [1.82, 2.24) is 5.32 Å². The third-order valence-corrected chi connectivity index (χ3v) is 4.67. The number of aliphatic hydroxyl groups excluding tert-OH is 2. The molecule has 0 aliphatic heterocycles. The second-order valence-electron chi connectivity index (χ2n) is 6.99. The van der Waals surface area contributed by atoms with Gasteiger partial charge < -0.3 is 15.5 Å². The van der Waals surface area contributed by atoms with Gasteiger partial charge in [0.15, 0.2) is 5.78 Å². The van der Waals surface area contributed by atoms with Crippen LogP contribution in [0.25, 0.3) is 0 Å². The number of nitrogens with one attached hydrogen (secondary N) is 1. The fourth-order valence-corrected chi connectivity index (χ4v) is 3.07. The van der Waals surface area contributed by atoms with E-state index in [-0.39, 0.29) is 18.3 Å². The lowest BCUT2D eigenvalue weighted by atomic mass is 10.0. The standard InChI is InChI=1S/C22H35NO4/c1-2-3-6-9-19(25)14-12-18-13-15-21(26)20(18)10-7-4-5-8-11-22(27)23-16-17-24/h4,7,12,14,19,24-25H,2-3,5-6,8-11,13,15-17H2,1H3,(H,23,27)/b7-4-,14-12+/t19-/m0/s1. The summed E-state index contributed by atoms with van der Waals surface area (Å²) in [6.07, 6.45) is 15.3. The van der Waals surface area contributed by atoms with Crippen LogP contribution in [0.15, 0.2) is 35.5 Å². The Bertz CT molecular complexity index is 549. The van der Waals surface area contributed by atoms with E-state index >= 15 is 0 Å². The zero-order valence-electron chi connectivity index (χ0n) is 16.6. The molecule has 1 aliphatic carbocycles. The third-order valence-electron chi connectivity index (χ3n) is 4.67. The Kier molecular flexibility index (Phi) is 12.4. The second kappa shape index (κ2) is 14.4. The van der Waals surface area contributed by atoms with Crippen molar-refractivity contribution in [2.75, 3.05) is 13.2 Å². The number of rotatable bonds is 14. The second-order valence-corrected chi connectivity index (χ2v) is 6.99. The van der Waals surface area contributed by atoms with Gasteiger partial charge in [0, 0.05) is 25.0 Å². The highest BCUT2D eigenvalue weighted by molar-refractivity contribution is 5.99. The molecule has 0 spiro atoms. The van der Waals surface area contributed by atoms with Crippen LogP contribution >= 0.6 is 0 Å². The van der Waals surface area contributed by atoms with Gasteiger partial charge in [-0.3, -0.25) is 9.59 Å². The largest absolute Gasteiger partial charge is 0.395 e. The topological polar surface area (TPSA) is 86.6 Å². The van der Waals surface area contributed by atoms with Gasteiger partial charge in [-0.2, -0.15) is 0 Å². The van der Waals surface area contributed by atoms with Gasteiger partial charge in [0.1, 0.15) is 0 Å². The van der Waals surface area contributed by atoms with Crippen LogP contribution < -0.4 is 5.32 Å². The lowest BCUT2D eigenvalue weighted by Crippen LogP contribution is -2.25. The highest BCUT2D eigenvalue weighted by Crippen LogP contribution is 2.27. The highest BCUT2D eigenvalue weighted by atomic mass is 16.3. The van der Waals surface area contributed by atoms with E-state index in [9.17, 15) is 14.7 Å². The van der Waals surface area contributed by atoms with Gasteiger partial charge in [-0.1, -0.05) is 50.5 Å². The van der Waals surface area contributed by atoms with E-state index in [2.05, 4.69) is 12.2 Å². The molecule has 152 valence electrons. The van der Waals surface area contributed by atoms with E-state index < -0.39 is 6.10 Å². The number of Topliss-reactive ketones (excluding diaryl/α,β-unsaturated/α-hetero) is 1. The Morgan fingerprint density at radius 2 is 2.04 bits per heavy atom. The summed E-state index contributed by atoms with van der Waals surface area (Å²) in [6.45, 7) is 2.40. The zero-order valence-corrected chi connectivity index (χ0v) is 16.6. The number of allylic oxidation sites excluding steroid dienone is 5. The molecule has 0 bridgehead atoms. The fourth-order valence-electron chi connectivity index (χ4n) is 3.07. The van der Waals surface area contributed by atoms with E-state index in [1.165, 1.54) is 0 Å². The molecule has 3 N–H and O–H groups in total. The van der Waals surface area contributed by atoms with E-state index in [0.717, 1.165) is 56.1 Å². The minimum atomic E-state index is -0.437. The van der Waals surface area contributed by atoms with Crippen LogP contribution in [-0.2, 0) is 9.59 Å². The molecule has 0 aromatic heterocycles. The molecule has 1 amide bonds. The SMILES string of the molecule is CCCCC[C@H](O)/C=C/C1=C(C/C=C\CCCC(=O)NCCO)C(=O)CC1. The molecule has 0 fully saturated rings. The molecule has 1 atom stereocenters. The maximum atomic E-state index is 12.1. The number of amides is 1. The Labute approximate surface area is 163 Å². The number of aliphatic hydroxyl groups is 2. The Hall–Kier alpha value is -1.72. The summed E-state index contributed by atoms with van der Waals surface area (Å²) in [5.74, 6) is 0.152. The number of hydrogen-bond donors (Lipinski definition) is 3. The minimum absolute atomic E-state index is 0.0403. The normalized spacial score (nSPS) is 16.0. The molecule has 1 rings (SSSR count). The van der Waals surface area contributed by atoms with Crippen LogP contribution in [0.4, 0.5) is 0 Å². The first kappa shape index (κ1) is 23.3. The maximum Gasteiger partial charge on any atom is 0.220 e. The van der Waals surface area contributed by atoms with Crippen LogP contribution in [0.5, 0.6) is 0 Å².